The van der Waals surface area contributed by atoms with Gasteiger partial charge in [0.25, 0.3) is 0 Å². The molecule has 0 saturated heterocycles. The normalized spacial score (nSPS) is 13.3. The van der Waals surface area contributed by atoms with Crippen LogP contribution in [0.15, 0.2) is 6.20 Å². The SMILES string of the molecule is CCC(CC)C(O)CNCc1cnnn1C. The first-order valence-electron chi connectivity index (χ1n) is 5.91. The molecular weight excluding hydrogens is 204 g/mol. The van der Waals surface area contributed by atoms with E-state index in [1.165, 1.54) is 0 Å². The molecule has 2 N–H and O–H groups in total. The third-order valence-corrected chi connectivity index (χ3v) is 3.06. The lowest BCUT2D eigenvalue weighted by molar-refractivity contribution is 0.101. The number of aromatic nitrogens is 3. The Balaban J connectivity index is 2.27. The van der Waals surface area contributed by atoms with Crippen LogP contribution in [0.25, 0.3) is 0 Å². The highest BCUT2D eigenvalue weighted by molar-refractivity contribution is 4.92. The molecule has 0 amide bonds. The van der Waals surface area contributed by atoms with Gasteiger partial charge in [0.1, 0.15) is 0 Å². The number of aryl methyl sites for hydroxylation is 1. The fraction of sp³-hybridized carbons (Fsp3) is 0.818. The van der Waals surface area contributed by atoms with Crippen LogP contribution in [0, 0.1) is 5.92 Å². The van der Waals surface area contributed by atoms with E-state index in [1.54, 1.807) is 10.9 Å². The monoisotopic (exact) mass is 226 g/mol. The van der Waals surface area contributed by atoms with Gasteiger partial charge in [0.15, 0.2) is 0 Å². The van der Waals surface area contributed by atoms with Gasteiger partial charge in [0.05, 0.1) is 18.0 Å². The molecule has 5 nitrogen and oxygen atoms in total. The lowest BCUT2D eigenvalue weighted by Gasteiger charge is -2.20. The van der Waals surface area contributed by atoms with Gasteiger partial charge in [-0.05, 0) is 5.92 Å². The van der Waals surface area contributed by atoms with Gasteiger partial charge in [0, 0.05) is 20.1 Å². The second-order valence-corrected chi connectivity index (χ2v) is 4.12. The Hall–Kier alpha value is -0.940. The van der Waals surface area contributed by atoms with Crippen LogP contribution in [0.2, 0.25) is 0 Å². The van der Waals surface area contributed by atoms with Crippen LogP contribution in [0.1, 0.15) is 32.4 Å². The Labute approximate surface area is 96.9 Å². The minimum Gasteiger partial charge on any atom is -0.392 e. The van der Waals surface area contributed by atoms with Gasteiger partial charge >= 0.3 is 0 Å². The topological polar surface area (TPSA) is 63.0 Å². The molecule has 1 atom stereocenters. The van der Waals surface area contributed by atoms with E-state index in [1.807, 2.05) is 7.05 Å². The average Bonchev–Trinajstić information content (AvgIpc) is 2.66. The molecule has 1 aromatic heterocycles. The van der Waals surface area contributed by atoms with E-state index in [0.717, 1.165) is 18.5 Å². The quantitative estimate of drug-likeness (QED) is 0.718. The number of nitrogens with zero attached hydrogens (tertiary/aromatic N) is 3. The van der Waals surface area contributed by atoms with E-state index in [-0.39, 0.29) is 6.10 Å². The maximum atomic E-state index is 9.91. The smallest absolute Gasteiger partial charge is 0.0738 e. The molecule has 0 aliphatic heterocycles. The van der Waals surface area contributed by atoms with Crippen molar-refractivity contribution in [2.75, 3.05) is 6.54 Å². The lowest BCUT2D eigenvalue weighted by Crippen LogP contribution is -2.32. The summed E-state index contributed by atoms with van der Waals surface area (Å²) in [6, 6.07) is 0. The van der Waals surface area contributed by atoms with Crippen molar-refractivity contribution < 1.29 is 5.11 Å². The molecule has 0 radical (unpaired) electrons. The highest BCUT2D eigenvalue weighted by atomic mass is 16.3. The van der Waals surface area contributed by atoms with Gasteiger partial charge in [-0.1, -0.05) is 31.9 Å². The van der Waals surface area contributed by atoms with Gasteiger partial charge < -0.3 is 10.4 Å². The van der Waals surface area contributed by atoms with Crippen LogP contribution in [0.5, 0.6) is 0 Å². The molecule has 0 spiro atoms. The van der Waals surface area contributed by atoms with Crippen molar-refractivity contribution in [3.8, 4) is 0 Å². The Morgan fingerprint density at radius 1 is 1.44 bits per heavy atom. The predicted molar refractivity (Wildman–Crippen MR) is 62.8 cm³/mol. The van der Waals surface area contributed by atoms with Crippen molar-refractivity contribution >= 4 is 0 Å². The van der Waals surface area contributed by atoms with Crippen molar-refractivity contribution in [3.63, 3.8) is 0 Å². The second-order valence-electron chi connectivity index (χ2n) is 4.12. The first-order valence-corrected chi connectivity index (χ1v) is 5.91. The summed E-state index contributed by atoms with van der Waals surface area (Å²) in [5, 5.41) is 20.8. The van der Waals surface area contributed by atoms with Crippen molar-refractivity contribution in [3.05, 3.63) is 11.9 Å². The van der Waals surface area contributed by atoms with Gasteiger partial charge in [-0.3, -0.25) is 4.68 Å². The van der Waals surface area contributed by atoms with Crippen LogP contribution in [-0.4, -0.2) is 32.7 Å². The largest absolute Gasteiger partial charge is 0.392 e. The second kappa shape index (κ2) is 6.60. The van der Waals surface area contributed by atoms with E-state index in [9.17, 15) is 5.11 Å². The molecule has 0 aliphatic rings. The molecule has 1 unspecified atom stereocenters. The summed E-state index contributed by atoms with van der Waals surface area (Å²) in [7, 11) is 1.86. The van der Waals surface area contributed by atoms with E-state index < -0.39 is 0 Å². The van der Waals surface area contributed by atoms with Gasteiger partial charge in [-0.2, -0.15) is 0 Å². The molecule has 5 heteroatoms. The molecule has 1 heterocycles. The minimum absolute atomic E-state index is 0.267. The van der Waals surface area contributed by atoms with Gasteiger partial charge in [-0.15, -0.1) is 5.10 Å². The van der Waals surface area contributed by atoms with Crippen LogP contribution in [0.3, 0.4) is 0 Å². The van der Waals surface area contributed by atoms with Crippen molar-refractivity contribution in [2.24, 2.45) is 13.0 Å². The molecule has 1 aromatic rings. The molecule has 16 heavy (non-hydrogen) atoms. The van der Waals surface area contributed by atoms with Crippen molar-refractivity contribution in [2.45, 2.75) is 39.3 Å². The average molecular weight is 226 g/mol. The first kappa shape index (κ1) is 13.1. The number of hydrogen-bond donors (Lipinski definition) is 2. The summed E-state index contributed by atoms with van der Waals surface area (Å²) in [6.45, 7) is 5.54. The van der Waals surface area contributed by atoms with Crippen LogP contribution >= 0.6 is 0 Å². The van der Waals surface area contributed by atoms with E-state index in [2.05, 4.69) is 29.5 Å². The number of aliphatic hydroxyl groups is 1. The zero-order valence-corrected chi connectivity index (χ0v) is 10.3. The fourth-order valence-electron chi connectivity index (χ4n) is 1.82. The maximum absolute atomic E-state index is 9.91. The Morgan fingerprint density at radius 2 is 2.12 bits per heavy atom. The number of aliphatic hydroxyl groups excluding tert-OH is 1. The van der Waals surface area contributed by atoms with Crippen molar-refractivity contribution in [1.29, 1.82) is 0 Å². The zero-order chi connectivity index (χ0) is 12.0. The van der Waals surface area contributed by atoms with E-state index in [4.69, 9.17) is 0 Å². The van der Waals surface area contributed by atoms with E-state index >= 15 is 0 Å². The summed E-state index contributed by atoms with van der Waals surface area (Å²) >= 11 is 0. The Morgan fingerprint density at radius 3 is 2.62 bits per heavy atom. The van der Waals surface area contributed by atoms with Crippen LogP contribution < -0.4 is 5.32 Å². The maximum Gasteiger partial charge on any atom is 0.0738 e. The zero-order valence-electron chi connectivity index (χ0n) is 10.3. The molecular formula is C11H22N4O. The first-order chi connectivity index (χ1) is 7.69. The fourth-order valence-corrected chi connectivity index (χ4v) is 1.82. The molecule has 0 bridgehead atoms. The summed E-state index contributed by atoms with van der Waals surface area (Å²) in [5.74, 6) is 0.386. The molecule has 0 fully saturated rings. The number of rotatable bonds is 7. The molecule has 0 aromatic carbocycles. The van der Waals surface area contributed by atoms with Crippen LogP contribution in [0.4, 0.5) is 0 Å². The summed E-state index contributed by atoms with van der Waals surface area (Å²) in [6.07, 6.45) is 3.51. The van der Waals surface area contributed by atoms with Gasteiger partial charge in [-0.25, -0.2) is 0 Å². The summed E-state index contributed by atoms with van der Waals surface area (Å²) in [4.78, 5) is 0. The van der Waals surface area contributed by atoms with Crippen molar-refractivity contribution in [1.82, 2.24) is 20.3 Å². The van der Waals surface area contributed by atoms with E-state index in [0.29, 0.717) is 19.0 Å². The molecule has 0 aliphatic carbocycles. The lowest BCUT2D eigenvalue weighted by atomic mass is 9.96. The Bertz CT molecular complexity index is 296. The summed E-state index contributed by atoms with van der Waals surface area (Å²) in [5.41, 5.74) is 1.02. The van der Waals surface area contributed by atoms with Crippen LogP contribution in [-0.2, 0) is 13.6 Å². The highest BCUT2D eigenvalue weighted by Gasteiger charge is 2.14. The molecule has 0 saturated carbocycles. The molecule has 92 valence electrons. The minimum atomic E-state index is -0.267. The standard InChI is InChI=1S/C11H22N4O/c1-4-9(5-2)11(16)8-12-6-10-7-13-14-15(10)3/h7,9,11-12,16H,4-6,8H2,1-3H3. The molecule has 1 rings (SSSR count). The van der Waals surface area contributed by atoms with Gasteiger partial charge in [0.2, 0.25) is 0 Å². The predicted octanol–water partition coefficient (Wildman–Crippen LogP) is 0.702. The summed E-state index contributed by atoms with van der Waals surface area (Å²) < 4.78 is 1.73. The third-order valence-electron chi connectivity index (χ3n) is 3.06. The Kier molecular flexibility index (Phi) is 5.42. The third kappa shape index (κ3) is 3.57. The highest BCUT2D eigenvalue weighted by Crippen LogP contribution is 2.12. The number of nitrogens with one attached hydrogen (secondary N) is 1. The number of hydrogen-bond acceptors (Lipinski definition) is 4.